The molecule has 1 aromatic carbocycles. The van der Waals surface area contributed by atoms with Gasteiger partial charge in [0.25, 0.3) is 0 Å². The monoisotopic (exact) mass is 329 g/mol. The Morgan fingerprint density at radius 2 is 1.88 bits per heavy atom. The maximum Gasteiger partial charge on any atom is 0.240 e. The first-order chi connectivity index (χ1) is 11.6. The van der Waals surface area contributed by atoms with Crippen LogP contribution in [0, 0.1) is 5.92 Å². The van der Waals surface area contributed by atoms with E-state index in [-0.39, 0.29) is 24.3 Å². The molecule has 1 N–H and O–H groups in total. The second kappa shape index (κ2) is 7.79. The summed E-state index contributed by atoms with van der Waals surface area (Å²) >= 11 is 0. The summed E-state index contributed by atoms with van der Waals surface area (Å²) in [7, 11) is 0. The van der Waals surface area contributed by atoms with Crippen molar-refractivity contribution in [2.24, 2.45) is 5.92 Å². The summed E-state index contributed by atoms with van der Waals surface area (Å²) in [4.78, 5) is 29.0. The number of hydrogen-bond acceptors (Lipinski definition) is 3. The van der Waals surface area contributed by atoms with Gasteiger partial charge in [0.05, 0.1) is 12.5 Å². The van der Waals surface area contributed by atoms with Crippen LogP contribution in [0.15, 0.2) is 30.3 Å². The van der Waals surface area contributed by atoms with Crippen molar-refractivity contribution in [2.75, 3.05) is 26.2 Å². The first-order valence-electron chi connectivity index (χ1n) is 8.97. The number of piperidine rings is 1. The fourth-order valence-electron chi connectivity index (χ4n) is 3.47. The highest BCUT2D eigenvalue weighted by molar-refractivity contribution is 5.89. The van der Waals surface area contributed by atoms with Crippen molar-refractivity contribution in [2.45, 2.75) is 38.8 Å². The molecule has 0 aliphatic carbocycles. The summed E-state index contributed by atoms with van der Waals surface area (Å²) in [6.07, 6.45) is 2.41. The third-order valence-corrected chi connectivity index (χ3v) is 5.11. The molecule has 0 saturated carbocycles. The number of piperazine rings is 1. The zero-order valence-corrected chi connectivity index (χ0v) is 14.4. The molecular formula is C19H27N3O2. The lowest BCUT2D eigenvalue weighted by Gasteiger charge is -2.35. The van der Waals surface area contributed by atoms with Gasteiger partial charge in [-0.15, -0.1) is 0 Å². The molecule has 2 heterocycles. The molecule has 5 nitrogen and oxygen atoms in total. The van der Waals surface area contributed by atoms with Crippen molar-refractivity contribution in [1.29, 1.82) is 0 Å². The Balaban J connectivity index is 1.55. The van der Waals surface area contributed by atoms with Gasteiger partial charge in [-0.05, 0) is 24.3 Å². The molecule has 2 aliphatic rings. The highest BCUT2D eigenvalue weighted by Crippen LogP contribution is 2.18. The topological polar surface area (TPSA) is 52.7 Å². The molecule has 0 radical (unpaired) electrons. The van der Waals surface area contributed by atoms with Crippen LogP contribution in [0.25, 0.3) is 0 Å². The van der Waals surface area contributed by atoms with Gasteiger partial charge in [0, 0.05) is 32.7 Å². The number of benzene rings is 1. The Morgan fingerprint density at radius 1 is 1.17 bits per heavy atom. The van der Waals surface area contributed by atoms with Crippen molar-refractivity contribution in [3.63, 3.8) is 0 Å². The Bertz CT molecular complexity index is 567. The molecule has 2 aliphatic heterocycles. The minimum Gasteiger partial charge on any atom is -0.343 e. The zero-order chi connectivity index (χ0) is 16.9. The van der Waals surface area contributed by atoms with E-state index in [4.69, 9.17) is 0 Å². The molecule has 1 unspecified atom stereocenters. The number of rotatable bonds is 4. The summed E-state index contributed by atoms with van der Waals surface area (Å²) in [6.45, 7) is 5.94. The molecule has 2 saturated heterocycles. The molecule has 130 valence electrons. The average molecular weight is 329 g/mol. The second-order valence-electron chi connectivity index (χ2n) is 7.02. The van der Waals surface area contributed by atoms with Crippen LogP contribution < -0.4 is 5.32 Å². The molecule has 0 bridgehead atoms. The van der Waals surface area contributed by atoms with Gasteiger partial charge < -0.3 is 15.1 Å². The van der Waals surface area contributed by atoms with Gasteiger partial charge in [-0.2, -0.15) is 0 Å². The predicted molar refractivity (Wildman–Crippen MR) is 93.2 cm³/mol. The summed E-state index contributed by atoms with van der Waals surface area (Å²) in [5, 5.41) is 3.22. The number of nitrogens with zero attached hydrogens (tertiary/aromatic N) is 2. The van der Waals surface area contributed by atoms with E-state index < -0.39 is 0 Å². The van der Waals surface area contributed by atoms with Crippen LogP contribution in [-0.4, -0.2) is 53.8 Å². The first-order valence-corrected chi connectivity index (χ1v) is 8.97. The van der Waals surface area contributed by atoms with E-state index in [0.717, 1.165) is 38.0 Å². The average Bonchev–Trinajstić information content (AvgIpc) is 2.60. The smallest absolute Gasteiger partial charge is 0.240 e. The number of amides is 2. The highest BCUT2D eigenvalue weighted by atomic mass is 16.2. The van der Waals surface area contributed by atoms with Crippen molar-refractivity contribution < 1.29 is 9.59 Å². The van der Waals surface area contributed by atoms with Crippen molar-refractivity contribution >= 4 is 11.8 Å². The van der Waals surface area contributed by atoms with Crippen LogP contribution in [0.3, 0.4) is 0 Å². The lowest BCUT2D eigenvalue weighted by Crippen LogP contribution is -2.56. The second-order valence-corrected chi connectivity index (χ2v) is 7.02. The zero-order valence-electron chi connectivity index (χ0n) is 14.4. The van der Waals surface area contributed by atoms with Crippen LogP contribution in [0.5, 0.6) is 0 Å². The minimum absolute atomic E-state index is 0.0452. The molecule has 3 rings (SSSR count). The Kier molecular flexibility index (Phi) is 5.51. The molecule has 0 aromatic heterocycles. The first kappa shape index (κ1) is 17.0. The molecular weight excluding hydrogens is 302 g/mol. The Labute approximate surface area is 144 Å². The number of carbonyl (C=O) groups excluding carboxylic acids is 2. The van der Waals surface area contributed by atoms with Gasteiger partial charge in [0.1, 0.15) is 0 Å². The van der Waals surface area contributed by atoms with Gasteiger partial charge >= 0.3 is 0 Å². The number of likely N-dealkylation sites (tertiary alicyclic amines) is 1. The normalized spacial score (nSPS) is 22.7. The SMILES string of the molecule is CC1CCN(C(=O)CC2NCCN(Cc3ccccc3)C2=O)CC1. The fourth-order valence-corrected chi connectivity index (χ4v) is 3.47. The van der Waals surface area contributed by atoms with E-state index in [9.17, 15) is 9.59 Å². The van der Waals surface area contributed by atoms with E-state index >= 15 is 0 Å². The lowest BCUT2D eigenvalue weighted by atomic mass is 9.98. The van der Waals surface area contributed by atoms with Crippen LogP contribution in [0.1, 0.15) is 31.7 Å². The van der Waals surface area contributed by atoms with Gasteiger partial charge in [-0.3, -0.25) is 9.59 Å². The van der Waals surface area contributed by atoms with E-state index in [1.165, 1.54) is 0 Å². The number of hydrogen-bond donors (Lipinski definition) is 1. The van der Waals surface area contributed by atoms with E-state index in [1.807, 2.05) is 40.1 Å². The van der Waals surface area contributed by atoms with Crippen molar-refractivity contribution in [3.05, 3.63) is 35.9 Å². The molecule has 1 atom stereocenters. The van der Waals surface area contributed by atoms with Crippen LogP contribution in [-0.2, 0) is 16.1 Å². The summed E-state index contributed by atoms with van der Waals surface area (Å²) in [5.74, 6) is 0.850. The molecule has 2 fully saturated rings. The standard InChI is InChI=1S/C19H27N3O2/c1-15-7-10-21(11-8-15)18(23)13-17-19(24)22(12-9-20-17)14-16-5-3-2-4-6-16/h2-6,15,17,20H,7-14H2,1H3. The number of carbonyl (C=O) groups is 2. The molecule has 24 heavy (non-hydrogen) atoms. The molecule has 2 amide bonds. The van der Waals surface area contributed by atoms with Crippen molar-refractivity contribution in [1.82, 2.24) is 15.1 Å². The third kappa shape index (κ3) is 4.15. The van der Waals surface area contributed by atoms with E-state index in [2.05, 4.69) is 12.2 Å². The predicted octanol–water partition coefficient (Wildman–Crippen LogP) is 1.64. The maximum absolute atomic E-state index is 12.7. The summed E-state index contributed by atoms with van der Waals surface area (Å²) < 4.78 is 0. The van der Waals surface area contributed by atoms with Crippen LogP contribution in [0.4, 0.5) is 0 Å². The van der Waals surface area contributed by atoms with Crippen molar-refractivity contribution in [3.8, 4) is 0 Å². The van der Waals surface area contributed by atoms with Gasteiger partial charge in [0.15, 0.2) is 0 Å². The van der Waals surface area contributed by atoms with Gasteiger partial charge in [-0.1, -0.05) is 37.3 Å². The quantitative estimate of drug-likeness (QED) is 0.913. The lowest BCUT2D eigenvalue weighted by molar-refractivity contribution is -0.142. The molecule has 5 heteroatoms. The third-order valence-electron chi connectivity index (χ3n) is 5.11. The summed E-state index contributed by atoms with van der Waals surface area (Å²) in [6, 6.07) is 9.63. The van der Waals surface area contributed by atoms with E-state index in [0.29, 0.717) is 19.0 Å². The number of nitrogens with one attached hydrogen (secondary N) is 1. The minimum atomic E-state index is -0.380. The fraction of sp³-hybridized carbons (Fsp3) is 0.579. The van der Waals surface area contributed by atoms with Crippen LogP contribution >= 0.6 is 0 Å². The molecule has 0 spiro atoms. The summed E-state index contributed by atoms with van der Waals surface area (Å²) in [5.41, 5.74) is 1.13. The van der Waals surface area contributed by atoms with Gasteiger partial charge in [0.2, 0.25) is 11.8 Å². The maximum atomic E-state index is 12.7. The van der Waals surface area contributed by atoms with E-state index in [1.54, 1.807) is 0 Å². The largest absolute Gasteiger partial charge is 0.343 e. The highest BCUT2D eigenvalue weighted by Gasteiger charge is 2.32. The van der Waals surface area contributed by atoms with Crippen LogP contribution in [0.2, 0.25) is 0 Å². The Hall–Kier alpha value is -1.88. The Morgan fingerprint density at radius 3 is 2.58 bits per heavy atom. The molecule has 1 aromatic rings. The van der Waals surface area contributed by atoms with Gasteiger partial charge in [-0.25, -0.2) is 0 Å².